The van der Waals surface area contributed by atoms with E-state index in [1.165, 1.54) is 70.6 Å². The van der Waals surface area contributed by atoms with E-state index in [-0.39, 0.29) is 11.9 Å². The number of carbonyl (C=O) groups excluding carboxylic acids is 4. The Morgan fingerprint density at radius 2 is 0.493 bits per heavy atom. The SMILES string of the molecule is O=C(CCCCCCCCCCCCCCCCCCCC(=O)Oc1ccc(C(=O)Oc2ccc(-c3ccccc3)cc2)cc1)Oc1ccc(C(=O)Oc2ccc(-c3ccccc3)cc2)cc1. The smallest absolute Gasteiger partial charge is 0.343 e. The van der Waals surface area contributed by atoms with E-state index in [1.807, 2.05) is 84.9 Å². The minimum Gasteiger partial charge on any atom is -0.427 e. The van der Waals surface area contributed by atoms with E-state index < -0.39 is 11.9 Å². The molecule has 0 aliphatic heterocycles. The normalized spacial score (nSPS) is 10.9. The summed E-state index contributed by atoms with van der Waals surface area (Å²) in [4.78, 5) is 50.1. The Kier molecular flexibility index (Phi) is 21.0. The zero-order chi connectivity index (χ0) is 46.7. The first-order chi connectivity index (χ1) is 32.9. The summed E-state index contributed by atoms with van der Waals surface area (Å²) < 4.78 is 22.0. The van der Waals surface area contributed by atoms with E-state index >= 15 is 0 Å². The summed E-state index contributed by atoms with van der Waals surface area (Å²) in [5.74, 6) is 0.327. The Balaban J connectivity index is 0.682. The van der Waals surface area contributed by atoms with Gasteiger partial charge in [-0.1, -0.05) is 181 Å². The lowest BCUT2D eigenvalue weighted by atomic mass is 10.0. The molecule has 6 aromatic rings. The molecule has 0 aliphatic carbocycles. The summed E-state index contributed by atoms with van der Waals surface area (Å²) >= 11 is 0. The molecule has 6 rings (SSSR count). The molecule has 0 saturated heterocycles. The molecule has 0 unspecified atom stereocenters. The third-order valence-electron chi connectivity index (χ3n) is 11.7. The largest absolute Gasteiger partial charge is 0.427 e. The molecule has 67 heavy (non-hydrogen) atoms. The highest BCUT2D eigenvalue weighted by Crippen LogP contribution is 2.25. The van der Waals surface area contributed by atoms with E-state index in [9.17, 15) is 19.2 Å². The van der Waals surface area contributed by atoms with Crippen LogP contribution in [0, 0.1) is 0 Å². The fraction of sp³-hybridized carbons (Fsp3) is 0.322. The molecule has 0 amide bonds. The molecule has 0 aliphatic rings. The van der Waals surface area contributed by atoms with E-state index in [0.29, 0.717) is 47.0 Å². The summed E-state index contributed by atoms with van der Waals surface area (Å²) in [5, 5.41) is 0. The Morgan fingerprint density at radius 1 is 0.254 bits per heavy atom. The standard InChI is InChI=1S/C59H64O8/c60-56(64-52-42-34-50(35-43-52)58(62)66-54-38-30-48(31-39-54)46-24-18-16-19-25-46)28-22-14-12-10-8-6-4-2-1-3-5-7-9-11-13-15-23-29-57(61)65-53-44-36-51(37-45-53)59(63)67-55-40-32-49(33-41-55)47-26-20-17-21-27-47/h16-21,24-27,30-45H,1-15,22-23,28-29H2. The van der Waals surface area contributed by atoms with Gasteiger partial charge < -0.3 is 18.9 Å². The molecule has 0 atom stereocenters. The predicted molar refractivity (Wildman–Crippen MR) is 266 cm³/mol. The third-order valence-corrected chi connectivity index (χ3v) is 11.7. The van der Waals surface area contributed by atoms with Gasteiger partial charge in [0, 0.05) is 12.8 Å². The molecule has 0 aromatic heterocycles. The van der Waals surface area contributed by atoms with Crippen LogP contribution in [0.15, 0.2) is 158 Å². The zero-order valence-corrected chi connectivity index (χ0v) is 38.7. The molecule has 0 saturated carbocycles. The number of rotatable bonds is 28. The first kappa shape index (κ1) is 49.6. The Morgan fingerprint density at radius 3 is 0.791 bits per heavy atom. The number of esters is 4. The maximum Gasteiger partial charge on any atom is 0.343 e. The van der Waals surface area contributed by atoms with Crippen LogP contribution in [0.5, 0.6) is 23.0 Å². The molecular formula is C59H64O8. The number of unbranched alkanes of at least 4 members (excludes halogenated alkanes) is 16. The van der Waals surface area contributed by atoms with Gasteiger partial charge in [-0.25, -0.2) is 9.59 Å². The van der Waals surface area contributed by atoms with Crippen molar-refractivity contribution in [1.82, 2.24) is 0 Å². The fourth-order valence-electron chi connectivity index (χ4n) is 7.90. The van der Waals surface area contributed by atoms with Crippen LogP contribution >= 0.6 is 0 Å². The highest BCUT2D eigenvalue weighted by atomic mass is 16.5. The molecule has 0 radical (unpaired) electrons. The van der Waals surface area contributed by atoms with Crippen molar-refractivity contribution in [1.29, 1.82) is 0 Å². The molecular weight excluding hydrogens is 837 g/mol. The van der Waals surface area contributed by atoms with Crippen LogP contribution in [0.2, 0.25) is 0 Å². The molecule has 8 nitrogen and oxygen atoms in total. The second-order valence-electron chi connectivity index (χ2n) is 17.1. The van der Waals surface area contributed by atoms with Crippen molar-refractivity contribution in [2.75, 3.05) is 0 Å². The lowest BCUT2D eigenvalue weighted by Crippen LogP contribution is -2.10. The summed E-state index contributed by atoms with van der Waals surface area (Å²) in [5.41, 5.74) is 5.04. The van der Waals surface area contributed by atoms with Gasteiger partial charge >= 0.3 is 23.9 Å². The van der Waals surface area contributed by atoms with Gasteiger partial charge in [0.1, 0.15) is 23.0 Å². The molecule has 6 aromatic carbocycles. The van der Waals surface area contributed by atoms with Crippen LogP contribution in [0.4, 0.5) is 0 Å². The van der Waals surface area contributed by atoms with Gasteiger partial charge in [-0.05, 0) is 108 Å². The van der Waals surface area contributed by atoms with Gasteiger partial charge in [0.05, 0.1) is 11.1 Å². The van der Waals surface area contributed by atoms with Gasteiger partial charge in [-0.15, -0.1) is 0 Å². The van der Waals surface area contributed by atoms with Crippen LogP contribution in [-0.4, -0.2) is 23.9 Å². The van der Waals surface area contributed by atoms with Crippen LogP contribution < -0.4 is 18.9 Å². The number of hydrogen-bond acceptors (Lipinski definition) is 8. The second-order valence-corrected chi connectivity index (χ2v) is 17.1. The van der Waals surface area contributed by atoms with Crippen molar-refractivity contribution in [2.45, 2.75) is 122 Å². The minimum atomic E-state index is -0.468. The van der Waals surface area contributed by atoms with Crippen molar-refractivity contribution >= 4 is 23.9 Å². The van der Waals surface area contributed by atoms with Crippen molar-refractivity contribution in [3.63, 3.8) is 0 Å². The van der Waals surface area contributed by atoms with Gasteiger partial charge in [0.15, 0.2) is 0 Å². The van der Waals surface area contributed by atoms with Gasteiger partial charge in [0.2, 0.25) is 0 Å². The molecule has 0 fully saturated rings. The lowest BCUT2D eigenvalue weighted by Gasteiger charge is -2.08. The van der Waals surface area contributed by atoms with Crippen LogP contribution in [0.1, 0.15) is 143 Å². The highest BCUT2D eigenvalue weighted by molar-refractivity contribution is 5.92. The maximum atomic E-state index is 12.6. The van der Waals surface area contributed by atoms with Crippen molar-refractivity contribution in [3.8, 4) is 45.3 Å². The molecule has 8 heteroatoms. The Hall–Kier alpha value is -6.80. The average Bonchev–Trinajstić information content (AvgIpc) is 3.36. The van der Waals surface area contributed by atoms with E-state index in [2.05, 4.69) is 0 Å². The van der Waals surface area contributed by atoms with Gasteiger partial charge in [-0.3, -0.25) is 9.59 Å². The lowest BCUT2D eigenvalue weighted by molar-refractivity contribution is -0.135. The number of benzene rings is 6. The number of ether oxygens (including phenoxy) is 4. The van der Waals surface area contributed by atoms with Crippen molar-refractivity contribution in [2.24, 2.45) is 0 Å². The number of carbonyl (C=O) groups is 4. The van der Waals surface area contributed by atoms with Crippen LogP contribution in [0.25, 0.3) is 22.3 Å². The minimum absolute atomic E-state index is 0.255. The summed E-state index contributed by atoms with van der Waals surface area (Å²) in [6.45, 7) is 0. The molecule has 0 bridgehead atoms. The van der Waals surface area contributed by atoms with E-state index in [4.69, 9.17) is 18.9 Å². The monoisotopic (exact) mass is 900 g/mol. The van der Waals surface area contributed by atoms with E-state index in [0.717, 1.165) is 60.8 Å². The molecule has 0 N–H and O–H groups in total. The Labute approximate surface area is 396 Å². The number of hydrogen-bond donors (Lipinski definition) is 0. The molecule has 0 heterocycles. The predicted octanol–water partition coefficient (Wildman–Crippen LogP) is 15.4. The van der Waals surface area contributed by atoms with E-state index in [1.54, 1.807) is 72.8 Å². The Bertz CT molecular complexity index is 2200. The summed E-state index contributed by atoms with van der Waals surface area (Å²) in [6.07, 6.45) is 20.6. The quantitative estimate of drug-likeness (QED) is 0.0272. The third kappa shape index (κ3) is 18.2. The summed E-state index contributed by atoms with van der Waals surface area (Å²) in [7, 11) is 0. The molecule has 0 spiro atoms. The second kappa shape index (κ2) is 28.3. The van der Waals surface area contributed by atoms with Crippen LogP contribution in [-0.2, 0) is 9.59 Å². The zero-order valence-electron chi connectivity index (χ0n) is 38.7. The van der Waals surface area contributed by atoms with Gasteiger partial charge in [-0.2, -0.15) is 0 Å². The van der Waals surface area contributed by atoms with Gasteiger partial charge in [0.25, 0.3) is 0 Å². The molecule has 348 valence electrons. The van der Waals surface area contributed by atoms with Crippen molar-refractivity contribution < 1.29 is 38.1 Å². The van der Waals surface area contributed by atoms with Crippen LogP contribution in [0.3, 0.4) is 0 Å². The first-order valence-electron chi connectivity index (χ1n) is 24.3. The fourth-order valence-corrected chi connectivity index (χ4v) is 7.90. The highest BCUT2D eigenvalue weighted by Gasteiger charge is 2.13. The topological polar surface area (TPSA) is 105 Å². The maximum absolute atomic E-state index is 12.6. The average molecular weight is 901 g/mol. The first-order valence-corrected chi connectivity index (χ1v) is 24.3. The van der Waals surface area contributed by atoms with Crippen molar-refractivity contribution in [3.05, 3.63) is 169 Å². The summed E-state index contributed by atoms with van der Waals surface area (Å²) in [6, 6.07) is 47.8.